The fourth-order valence-electron chi connectivity index (χ4n) is 5.25. The Balaban J connectivity index is 0.000000177. The number of rotatable bonds is 5. The minimum Gasteiger partial charge on any atom is -0.165 e. The molecule has 0 radical (unpaired) electrons. The Morgan fingerprint density at radius 3 is 1.75 bits per heavy atom. The number of hydrogen-bond acceptors (Lipinski definition) is 0. The van der Waals surface area contributed by atoms with Gasteiger partial charge in [0.2, 0.25) is 0 Å². The van der Waals surface area contributed by atoms with Crippen LogP contribution in [0.3, 0.4) is 0 Å². The summed E-state index contributed by atoms with van der Waals surface area (Å²) in [6, 6.07) is 56.6. The quantitative estimate of drug-likeness (QED) is 0.0778. The molecule has 7 rings (SSSR count). The molecule has 0 unspecified atom stereocenters. The van der Waals surface area contributed by atoms with Gasteiger partial charge in [0.15, 0.2) is 0 Å². The van der Waals surface area contributed by atoms with Gasteiger partial charge in [-0.25, -0.2) is 0 Å². The maximum atomic E-state index is 3.46. The summed E-state index contributed by atoms with van der Waals surface area (Å²) in [6.07, 6.45) is 5.58. The summed E-state index contributed by atoms with van der Waals surface area (Å²) >= 11 is 0. The maximum absolute atomic E-state index is 3.46. The van der Waals surface area contributed by atoms with Crippen molar-refractivity contribution in [3.05, 3.63) is 188 Å². The Morgan fingerprint density at radius 2 is 1.18 bits per heavy atom. The van der Waals surface area contributed by atoms with Crippen molar-refractivity contribution in [3.8, 4) is 11.1 Å². The van der Waals surface area contributed by atoms with Crippen molar-refractivity contribution in [2.45, 2.75) is 13.8 Å². The molecular formula is C42H37PTi. The molecule has 0 spiro atoms. The van der Waals surface area contributed by atoms with E-state index < -0.39 is 7.92 Å². The van der Waals surface area contributed by atoms with E-state index in [1.807, 2.05) is 19.1 Å². The van der Waals surface area contributed by atoms with Crippen LogP contribution in [0.15, 0.2) is 183 Å². The summed E-state index contributed by atoms with van der Waals surface area (Å²) in [5.74, 6) is 0. The molecule has 0 nitrogen and oxygen atoms in total. The first-order valence-corrected chi connectivity index (χ1v) is 16.0. The molecule has 7 aromatic rings. The van der Waals surface area contributed by atoms with Gasteiger partial charge in [-0.2, -0.15) is 12.1 Å². The largest absolute Gasteiger partial charge is 2.00 e. The fourth-order valence-corrected chi connectivity index (χ4v) is 7.63. The van der Waals surface area contributed by atoms with Crippen LogP contribution in [0.5, 0.6) is 0 Å². The molecule has 0 aliphatic heterocycles. The van der Waals surface area contributed by atoms with Gasteiger partial charge in [0, 0.05) is 0 Å². The van der Waals surface area contributed by atoms with Gasteiger partial charge in [-0.15, -0.1) is 74.9 Å². The monoisotopic (exact) mass is 620 g/mol. The number of hydrogen-bond donors (Lipinski definition) is 0. The van der Waals surface area contributed by atoms with E-state index in [1.54, 1.807) is 6.08 Å². The third-order valence-corrected chi connectivity index (χ3v) is 9.60. The van der Waals surface area contributed by atoms with Gasteiger partial charge in [0.25, 0.3) is 0 Å². The van der Waals surface area contributed by atoms with E-state index in [0.717, 1.165) is 0 Å². The summed E-state index contributed by atoms with van der Waals surface area (Å²) < 4.78 is 0. The smallest absolute Gasteiger partial charge is 0.165 e. The SMILES string of the molecule is C=C/C=C/C.Cc1cc2c(-c3ccccc3)cccc2[cH-]1.[Ti+2].c1ccc(P(c2ccccc2)c2cc3ccccc3[cH-]2)cc1. The summed E-state index contributed by atoms with van der Waals surface area (Å²) in [7, 11) is -0.493. The zero-order valence-corrected chi connectivity index (χ0v) is 27.9. The molecular weight excluding hydrogens is 583 g/mol. The van der Waals surface area contributed by atoms with Crippen LogP contribution in [0.1, 0.15) is 12.5 Å². The summed E-state index contributed by atoms with van der Waals surface area (Å²) in [5.41, 5.74) is 3.95. The summed E-state index contributed by atoms with van der Waals surface area (Å²) in [6.45, 7) is 7.57. The zero-order valence-electron chi connectivity index (χ0n) is 25.4. The average molecular weight is 621 g/mol. The standard InChI is InChI=1S/C21H16P.C16H13.C5H8.Ti/c1-3-11-19(12-4-1)22(20-13-5-2-6-14-20)21-15-17-9-7-8-10-18(17)16-21;1-12-10-14-8-5-9-15(16(14)11-12)13-6-3-2-4-7-13;1-3-5-4-2;/h1-16H;2-11H,1H3;3-5H,1H2,2H3;/q2*-1;;+2/b;;5-4+;. The molecule has 0 aliphatic carbocycles. The minimum atomic E-state index is -0.493. The molecule has 0 fully saturated rings. The number of allylic oxidation sites excluding steroid dienone is 3. The van der Waals surface area contributed by atoms with Crippen molar-refractivity contribution < 1.29 is 21.7 Å². The number of benzene rings is 5. The Morgan fingerprint density at radius 1 is 0.614 bits per heavy atom. The van der Waals surface area contributed by atoms with Crippen LogP contribution in [0, 0.1) is 6.92 Å². The third-order valence-electron chi connectivity index (χ3n) is 7.20. The molecule has 0 bridgehead atoms. The van der Waals surface area contributed by atoms with Gasteiger partial charge in [-0.05, 0) is 31.0 Å². The van der Waals surface area contributed by atoms with E-state index in [-0.39, 0.29) is 21.7 Å². The Kier molecular flexibility index (Phi) is 12.5. The summed E-state index contributed by atoms with van der Waals surface area (Å²) in [4.78, 5) is 0. The van der Waals surface area contributed by atoms with Crippen LogP contribution in [0.4, 0.5) is 0 Å². The second-order valence-electron chi connectivity index (χ2n) is 10.3. The van der Waals surface area contributed by atoms with Crippen molar-refractivity contribution in [3.63, 3.8) is 0 Å². The molecule has 0 amide bonds. The van der Waals surface area contributed by atoms with Crippen LogP contribution in [0.2, 0.25) is 0 Å². The van der Waals surface area contributed by atoms with Crippen LogP contribution >= 0.6 is 7.92 Å². The van der Waals surface area contributed by atoms with Gasteiger partial charge in [-0.1, -0.05) is 140 Å². The second kappa shape index (κ2) is 16.7. The van der Waals surface area contributed by atoms with E-state index in [4.69, 9.17) is 0 Å². The first-order chi connectivity index (χ1) is 21.2. The van der Waals surface area contributed by atoms with Gasteiger partial charge >= 0.3 is 21.7 Å². The predicted octanol–water partition coefficient (Wildman–Crippen LogP) is 10.6. The van der Waals surface area contributed by atoms with E-state index in [1.165, 1.54) is 54.1 Å². The molecule has 0 heterocycles. The molecule has 214 valence electrons. The molecule has 44 heavy (non-hydrogen) atoms. The molecule has 0 saturated carbocycles. The summed E-state index contributed by atoms with van der Waals surface area (Å²) in [5, 5.41) is 9.57. The maximum Gasteiger partial charge on any atom is 2.00 e. The van der Waals surface area contributed by atoms with Crippen molar-refractivity contribution in [1.82, 2.24) is 0 Å². The van der Waals surface area contributed by atoms with Crippen LogP contribution < -0.4 is 15.9 Å². The third kappa shape index (κ3) is 8.31. The van der Waals surface area contributed by atoms with Gasteiger partial charge in [-0.3, -0.25) is 0 Å². The van der Waals surface area contributed by atoms with Crippen molar-refractivity contribution >= 4 is 45.4 Å². The van der Waals surface area contributed by atoms with Gasteiger partial charge < -0.3 is 0 Å². The fraction of sp³-hybridized carbons (Fsp3) is 0.0476. The van der Waals surface area contributed by atoms with E-state index >= 15 is 0 Å². The molecule has 0 atom stereocenters. The van der Waals surface area contributed by atoms with E-state index in [2.05, 4.69) is 171 Å². The van der Waals surface area contributed by atoms with Crippen LogP contribution in [-0.2, 0) is 21.7 Å². The minimum absolute atomic E-state index is 0. The van der Waals surface area contributed by atoms with Gasteiger partial charge in [0.1, 0.15) is 0 Å². The molecule has 0 N–H and O–H groups in total. The Bertz CT molecular complexity index is 1820. The molecule has 0 saturated heterocycles. The van der Waals surface area contributed by atoms with Crippen LogP contribution in [-0.4, -0.2) is 0 Å². The number of aryl methyl sites for hydroxylation is 1. The van der Waals surface area contributed by atoms with Crippen molar-refractivity contribution in [1.29, 1.82) is 0 Å². The van der Waals surface area contributed by atoms with E-state index in [9.17, 15) is 0 Å². The Labute approximate surface area is 278 Å². The van der Waals surface area contributed by atoms with E-state index in [0.29, 0.717) is 0 Å². The van der Waals surface area contributed by atoms with Crippen molar-refractivity contribution in [2.24, 2.45) is 0 Å². The molecule has 0 aliphatic rings. The predicted molar refractivity (Wildman–Crippen MR) is 193 cm³/mol. The number of fused-ring (bicyclic) bond motifs is 2. The average Bonchev–Trinajstić information content (AvgIpc) is 3.66. The molecule has 7 aromatic carbocycles. The van der Waals surface area contributed by atoms with Crippen LogP contribution in [0.25, 0.3) is 32.7 Å². The first-order valence-electron chi connectivity index (χ1n) is 14.7. The normalized spacial score (nSPS) is 10.5. The second-order valence-corrected chi connectivity index (χ2v) is 12.5. The zero-order chi connectivity index (χ0) is 29.9. The first kappa shape index (κ1) is 32.8. The topological polar surface area (TPSA) is 0 Å². The molecule has 2 heteroatoms. The van der Waals surface area contributed by atoms with Crippen molar-refractivity contribution in [2.75, 3.05) is 0 Å². The Hall–Kier alpha value is -4.06. The molecule has 0 aromatic heterocycles. The van der Waals surface area contributed by atoms with Gasteiger partial charge in [0.05, 0.1) is 0 Å².